The third-order valence-corrected chi connectivity index (χ3v) is 6.60. The van der Waals surface area contributed by atoms with E-state index in [1.165, 1.54) is 4.90 Å². The van der Waals surface area contributed by atoms with Crippen molar-refractivity contribution in [1.29, 1.82) is 0 Å². The molecule has 0 saturated heterocycles. The number of rotatable bonds is 14. The Morgan fingerprint density at radius 3 is 2.38 bits per heavy atom. The lowest BCUT2D eigenvalue weighted by Gasteiger charge is -2.30. The van der Waals surface area contributed by atoms with Crippen LogP contribution in [0.1, 0.15) is 44.7 Å². The average Bonchev–Trinajstić information content (AvgIpc) is 3.35. The molecule has 1 N–H and O–H groups in total. The summed E-state index contributed by atoms with van der Waals surface area (Å²) in [4.78, 5) is 45.0. The second-order valence-electron chi connectivity index (χ2n) is 9.53. The molecule has 0 aliphatic rings. The van der Waals surface area contributed by atoms with Gasteiger partial charge in [0.05, 0.1) is 33.8 Å². The molecule has 9 nitrogen and oxygen atoms in total. The Kier molecular flexibility index (Phi) is 10.8. The monoisotopic (exact) mass is 537 g/mol. The van der Waals surface area contributed by atoms with E-state index in [2.05, 4.69) is 11.1 Å². The van der Waals surface area contributed by atoms with E-state index in [1.807, 2.05) is 56.4 Å². The number of esters is 1. The van der Waals surface area contributed by atoms with Crippen LogP contribution < -0.4 is 9.47 Å². The predicted octanol–water partition coefficient (Wildman–Crippen LogP) is 4.34. The molecule has 0 bridgehead atoms. The van der Waals surface area contributed by atoms with Gasteiger partial charge in [-0.05, 0) is 56.5 Å². The molecular weight excluding hydrogens is 498 g/mol. The fraction of sp³-hybridized carbons (Fsp3) is 0.433. The molecular formula is C30H39N3O6. The first kappa shape index (κ1) is 29.5. The first-order valence-corrected chi connectivity index (χ1v) is 13.3. The van der Waals surface area contributed by atoms with Gasteiger partial charge in [-0.2, -0.15) is 0 Å². The number of methoxy groups -OCH3 is 2. The zero-order valence-electron chi connectivity index (χ0n) is 23.5. The number of amides is 2. The van der Waals surface area contributed by atoms with Gasteiger partial charge in [-0.25, -0.2) is 0 Å². The van der Waals surface area contributed by atoms with Crippen LogP contribution in [0, 0.1) is 0 Å². The predicted molar refractivity (Wildman–Crippen MR) is 150 cm³/mol. The van der Waals surface area contributed by atoms with Crippen LogP contribution in [0.25, 0.3) is 10.9 Å². The van der Waals surface area contributed by atoms with Crippen molar-refractivity contribution in [3.63, 3.8) is 0 Å². The topological polar surface area (TPSA) is 101 Å². The lowest BCUT2D eigenvalue weighted by atomic mass is 10.1. The van der Waals surface area contributed by atoms with Crippen LogP contribution in [0.3, 0.4) is 0 Å². The van der Waals surface area contributed by atoms with E-state index >= 15 is 0 Å². The molecule has 3 rings (SSSR count). The van der Waals surface area contributed by atoms with Crippen molar-refractivity contribution in [2.45, 2.75) is 52.6 Å². The Balaban J connectivity index is 1.80. The normalized spacial score (nSPS) is 10.9. The van der Waals surface area contributed by atoms with Gasteiger partial charge < -0.3 is 29.0 Å². The molecule has 0 fully saturated rings. The molecule has 0 atom stereocenters. The van der Waals surface area contributed by atoms with Crippen LogP contribution >= 0.6 is 0 Å². The molecule has 0 aliphatic heterocycles. The summed E-state index contributed by atoms with van der Waals surface area (Å²) in [5.74, 6) is 0.333. The van der Waals surface area contributed by atoms with Gasteiger partial charge in [0.2, 0.25) is 11.8 Å². The molecule has 0 radical (unpaired) electrons. The molecule has 1 aromatic heterocycles. The molecule has 0 saturated carbocycles. The zero-order chi connectivity index (χ0) is 28.4. The average molecular weight is 538 g/mol. The van der Waals surface area contributed by atoms with Crippen LogP contribution in [-0.2, 0) is 32.1 Å². The van der Waals surface area contributed by atoms with Crippen molar-refractivity contribution >= 4 is 28.7 Å². The highest BCUT2D eigenvalue weighted by Gasteiger charge is 2.25. The number of hydrogen-bond acceptors (Lipinski definition) is 6. The summed E-state index contributed by atoms with van der Waals surface area (Å²) in [7, 11) is 3.15. The number of H-pyrrole nitrogens is 1. The summed E-state index contributed by atoms with van der Waals surface area (Å²) >= 11 is 0. The van der Waals surface area contributed by atoms with E-state index in [0.29, 0.717) is 31.0 Å². The number of para-hydroxylation sites is 1. The van der Waals surface area contributed by atoms with Crippen molar-refractivity contribution in [1.82, 2.24) is 14.8 Å². The largest absolute Gasteiger partial charge is 0.493 e. The molecule has 1 heterocycles. The molecule has 39 heavy (non-hydrogen) atoms. The number of ether oxygens (including phenoxy) is 3. The molecule has 0 unspecified atom stereocenters. The van der Waals surface area contributed by atoms with Crippen molar-refractivity contribution in [3.8, 4) is 11.5 Å². The highest BCUT2D eigenvalue weighted by molar-refractivity contribution is 5.87. The number of fused-ring (bicyclic) bond motifs is 1. The maximum Gasteiger partial charge on any atom is 0.306 e. The summed E-state index contributed by atoms with van der Waals surface area (Å²) in [6.45, 7) is 6.42. The van der Waals surface area contributed by atoms with Crippen molar-refractivity contribution < 1.29 is 28.6 Å². The number of benzene rings is 2. The number of carbonyl (C=O) groups excluding carboxylic acids is 3. The van der Waals surface area contributed by atoms with Gasteiger partial charge in [-0.1, -0.05) is 24.3 Å². The maximum atomic E-state index is 13.7. The lowest BCUT2D eigenvalue weighted by molar-refractivity contribution is -0.147. The van der Waals surface area contributed by atoms with E-state index in [1.54, 1.807) is 26.0 Å². The fourth-order valence-corrected chi connectivity index (χ4v) is 4.48. The summed E-state index contributed by atoms with van der Waals surface area (Å²) < 4.78 is 15.8. The summed E-state index contributed by atoms with van der Waals surface area (Å²) in [5, 5.41) is 1.12. The van der Waals surface area contributed by atoms with E-state index in [4.69, 9.17) is 14.2 Å². The summed E-state index contributed by atoms with van der Waals surface area (Å²) in [6, 6.07) is 13.4. The Labute approximate surface area is 230 Å². The number of hydrogen-bond donors (Lipinski definition) is 1. The fourth-order valence-electron chi connectivity index (χ4n) is 4.48. The van der Waals surface area contributed by atoms with E-state index in [-0.39, 0.29) is 43.8 Å². The van der Waals surface area contributed by atoms with Gasteiger partial charge >= 0.3 is 5.97 Å². The van der Waals surface area contributed by atoms with Gasteiger partial charge in [0.15, 0.2) is 11.5 Å². The van der Waals surface area contributed by atoms with Gasteiger partial charge in [0.1, 0.15) is 0 Å². The highest BCUT2D eigenvalue weighted by Crippen LogP contribution is 2.28. The van der Waals surface area contributed by atoms with Crippen LogP contribution in [0.15, 0.2) is 48.7 Å². The van der Waals surface area contributed by atoms with Crippen LogP contribution in [0.4, 0.5) is 0 Å². The van der Waals surface area contributed by atoms with Crippen molar-refractivity contribution in [3.05, 3.63) is 59.8 Å². The minimum absolute atomic E-state index is 0.00465. The Morgan fingerprint density at radius 1 is 0.949 bits per heavy atom. The Hall–Kier alpha value is -4.01. The number of aromatic amines is 1. The van der Waals surface area contributed by atoms with Crippen LogP contribution in [0.2, 0.25) is 0 Å². The number of nitrogens with zero attached hydrogens (tertiary/aromatic N) is 2. The minimum Gasteiger partial charge on any atom is -0.493 e. The van der Waals surface area contributed by atoms with Crippen molar-refractivity contribution in [2.24, 2.45) is 0 Å². The Morgan fingerprint density at radius 2 is 1.69 bits per heavy atom. The van der Waals surface area contributed by atoms with Crippen LogP contribution in [-0.4, -0.2) is 72.5 Å². The van der Waals surface area contributed by atoms with Gasteiger partial charge in [0.25, 0.3) is 0 Å². The minimum atomic E-state index is -0.422. The second-order valence-corrected chi connectivity index (χ2v) is 9.53. The number of nitrogens with one attached hydrogen (secondary N) is 1. The van der Waals surface area contributed by atoms with E-state index in [9.17, 15) is 14.4 Å². The molecule has 2 aromatic carbocycles. The maximum absolute atomic E-state index is 13.7. The Bertz CT molecular complexity index is 1270. The highest BCUT2D eigenvalue weighted by atomic mass is 16.5. The van der Waals surface area contributed by atoms with Crippen LogP contribution in [0.5, 0.6) is 11.5 Å². The first-order chi connectivity index (χ1) is 18.8. The summed E-state index contributed by atoms with van der Waals surface area (Å²) in [5.41, 5.74) is 3.04. The molecule has 2 amide bonds. The first-order valence-electron chi connectivity index (χ1n) is 13.3. The third kappa shape index (κ3) is 7.99. The zero-order valence-corrected chi connectivity index (χ0v) is 23.5. The number of carbonyl (C=O) groups is 3. The van der Waals surface area contributed by atoms with Crippen molar-refractivity contribution in [2.75, 3.05) is 33.9 Å². The SMILES string of the molecule is CCOC(=O)CCC(=O)N(CC(=O)N(CCc1c[nH]c2ccccc12)Cc1ccc(OC)c(OC)c1)C(C)C. The van der Waals surface area contributed by atoms with E-state index < -0.39 is 5.97 Å². The molecule has 3 aromatic rings. The number of aromatic nitrogens is 1. The molecule has 210 valence electrons. The van der Waals surface area contributed by atoms with Gasteiger partial charge in [-0.3, -0.25) is 14.4 Å². The van der Waals surface area contributed by atoms with Gasteiger partial charge in [-0.15, -0.1) is 0 Å². The smallest absolute Gasteiger partial charge is 0.306 e. The molecule has 9 heteroatoms. The van der Waals surface area contributed by atoms with Gasteiger partial charge in [0, 0.05) is 42.7 Å². The third-order valence-electron chi connectivity index (χ3n) is 6.60. The quantitative estimate of drug-likeness (QED) is 0.307. The summed E-state index contributed by atoms with van der Waals surface area (Å²) in [6.07, 6.45) is 2.60. The lowest BCUT2D eigenvalue weighted by Crippen LogP contribution is -2.46. The second kappa shape index (κ2) is 14.2. The standard InChI is InChI=1S/C30H39N3O6/c1-6-39-30(36)14-13-28(34)33(21(2)3)20-29(35)32(19-22-11-12-26(37-4)27(17-22)38-5)16-15-23-18-31-25-10-8-7-9-24(23)25/h7-12,17-18,21,31H,6,13-16,19-20H2,1-5H3. The molecule has 0 aliphatic carbocycles. The van der Waals surface area contributed by atoms with E-state index in [0.717, 1.165) is 22.0 Å². The molecule has 0 spiro atoms.